The molecule has 1 aromatic heterocycles. The number of hydrogen-bond acceptors (Lipinski definition) is 3. The highest BCUT2D eigenvalue weighted by Gasteiger charge is 2.63. The van der Waals surface area contributed by atoms with Crippen LogP contribution in [0.4, 0.5) is 19.0 Å². The highest BCUT2D eigenvalue weighted by Crippen LogP contribution is 2.50. The Kier molecular flexibility index (Phi) is 2.60. The third-order valence-corrected chi connectivity index (χ3v) is 2.87. The monoisotopic (exact) mass is 295 g/mol. The number of nitrogens with one attached hydrogen (secondary N) is 1. The summed E-state index contributed by atoms with van der Waals surface area (Å²) in [6.45, 7) is 1.63. The molecule has 1 N–H and O–H groups in total. The molecule has 7 heteroatoms. The van der Waals surface area contributed by atoms with E-state index in [0.29, 0.717) is 10.4 Å². The smallest absolute Gasteiger partial charge is 0.356 e. The Morgan fingerprint density at radius 1 is 1.38 bits per heavy atom. The van der Waals surface area contributed by atoms with Crippen molar-refractivity contribution in [3.8, 4) is 0 Å². The van der Waals surface area contributed by atoms with E-state index >= 15 is 0 Å². The Hall–Kier alpha value is -0.850. The lowest BCUT2D eigenvalue weighted by Gasteiger charge is -2.21. The number of halogens is 4. The SMILES string of the molecule is Cc1nc(Br)cc(NC2(C(F)(F)F)CC2)n1. The van der Waals surface area contributed by atoms with Crippen molar-refractivity contribution >= 4 is 21.7 Å². The van der Waals surface area contributed by atoms with Crippen molar-refractivity contribution < 1.29 is 13.2 Å². The van der Waals surface area contributed by atoms with Gasteiger partial charge in [-0.2, -0.15) is 13.2 Å². The summed E-state index contributed by atoms with van der Waals surface area (Å²) < 4.78 is 38.5. The number of hydrogen-bond donors (Lipinski definition) is 1. The summed E-state index contributed by atoms with van der Waals surface area (Å²) in [5.74, 6) is 0.629. The van der Waals surface area contributed by atoms with Crippen LogP contribution < -0.4 is 5.32 Å². The highest BCUT2D eigenvalue weighted by atomic mass is 79.9. The van der Waals surface area contributed by atoms with Crippen LogP contribution in [0.2, 0.25) is 0 Å². The number of rotatable bonds is 2. The molecule has 1 saturated carbocycles. The van der Waals surface area contributed by atoms with Crippen LogP contribution >= 0.6 is 15.9 Å². The van der Waals surface area contributed by atoms with Crippen LogP contribution in [0.25, 0.3) is 0 Å². The van der Waals surface area contributed by atoms with Crippen LogP contribution in [-0.4, -0.2) is 21.7 Å². The molecule has 0 aromatic carbocycles. The van der Waals surface area contributed by atoms with Gasteiger partial charge >= 0.3 is 6.18 Å². The fraction of sp³-hybridized carbons (Fsp3) is 0.556. The van der Waals surface area contributed by atoms with Crippen LogP contribution in [0.15, 0.2) is 10.7 Å². The molecule has 1 aromatic rings. The zero-order valence-corrected chi connectivity index (χ0v) is 9.98. The molecule has 2 rings (SSSR count). The molecule has 0 unspecified atom stereocenters. The fourth-order valence-electron chi connectivity index (χ4n) is 1.44. The van der Waals surface area contributed by atoms with Crippen molar-refractivity contribution in [2.24, 2.45) is 0 Å². The molecule has 3 nitrogen and oxygen atoms in total. The third-order valence-electron chi connectivity index (χ3n) is 2.47. The van der Waals surface area contributed by atoms with E-state index in [1.807, 2.05) is 0 Å². The van der Waals surface area contributed by atoms with E-state index < -0.39 is 11.7 Å². The largest absolute Gasteiger partial charge is 0.411 e. The Bertz CT molecular complexity index is 395. The lowest BCUT2D eigenvalue weighted by Crippen LogP contribution is -2.39. The summed E-state index contributed by atoms with van der Waals surface area (Å²) in [5.41, 5.74) is -1.78. The molecule has 1 fully saturated rings. The maximum atomic E-state index is 12.7. The van der Waals surface area contributed by atoms with Crippen molar-refractivity contribution in [3.05, 3.63) is 16.5 Å². The van der Waals surface area contributed by atoms with Gasteiger partial charge in [0.2, 0.25) is 0 Å². The minimum absolute atomic E-state index is 0.0944. The minimum Gasteiger partial charge on any atom is -0.356 e. The highest BCUT2D eigenvalue weighted by molar-refractivity contribution is 9.10. The number of nitrogens with zero attached hydrogens (tertiary/aromatic N) is 2. The Morgan fingerprint density at radius 3 is 2.44 bits per heavy atom. The van der Waals surface area contributed by atoms with E-state index in [9.17, 15) is 13.2 Å². The molecule has 16 heavy (non-hydrogen) atoms. The van der Waals surface area contributed by atoms with Gasteiger partial charge in [-0.25, -0.2) is 9.97 Å². The van der Waals surface area contributed by atoms with Gasteiger partial charge < -0.3 is 5.32 Å². The molecule has 1 heterocycles. The van der Waals surface area contributed by atoms with E-state index in [1.165, 1.54) is 6.07 Å². The van der Waals surface area contributed by atoms with Crippen LogP contribution in [0.1, 0.15) is 18.7 Å². The summed E-state index contributed by atoms with van der Waals surface area (Å²) in [7, 11) is 0. The van der Waals surface area contributed by atoms with Crippen LogP contribution in [0, 0.1) is 6.92 Å². The Labute approximate surface area is 98.6 Å². The van der Waals surface area contributed by atoms with Gasteiger partial charge in [-0.05, 0) is 35.7 Å². The molecule has 1 aliphatic rings. The van der Waals surface area contributed by atoms with E-state index in [0.717, 1.165) is 0 Å². The summed E-state index contributed by atoms with van der Waals surface area (Å²) in [6, 6.07) is 1.44. The van der Waals surface area contributed by atoms with E-state index in [4.69, 9.17) is 0 Å². The van der Waals surface area contributed by atoms with Crippen molar-refractivity contribution in [2.75, 3.05) is 5.32 Å². The quantitative estimate of drug-likeness (QED) is 0.852. The molecule has 0 radical (unpaired) electrons. The number of aryl methyl sites for hydroxylation is 1. The predicted octanol–water partition coefficient (Wildman–Crippen LogP) is 3.05. The second-order valence-corrected chi connectivity index (χ2v) is 4.64. The molecule has 0 saturated heterocycles. The average molecular weight is 296 g/mol. The zero-order chi connectivity index (χ0) is 12.0. The van der Waals surface area contributed by atoms with E-state index in [-0.39, 0.29) is 18.7 Å². The Morgan fingerprint density at radius 2 is 2.00 bits per heavy atom. The summed E-state index contributed by atoms with van der Waals surface area (Å²) in [4.78, 5) is 7.85. The molecule has 0 aliphatic heterocycles. The summed E-state index contributed by atoms with van der Waals surface area (Å²) >= 11 is 3.12. The molecule has 0 spiro atoms. The zero-order valence-electron chi connectivity index (χ0n) is 8.40. The van der Waals surface area contributed by atoms with Gasteiger partial charge in [-0.15, -0.1) is 0 Å². The molecular formula is C9H9BrF3N3. The van der Waals surface area contributed by atoms with Gasteiger partial charge in [-0.1, -0.05) is 0 Å². The van der Waals surface area contributed by atoms with E-state index in [1.54, 1.807) is 6.92 Å². The topological polar surface area (TPSA) is 37.8 Å². The summed E-state index contributed by atoms with van der Waals surface area (Å²) in [6.07, 6.45) is -4.05. The average Bonchev–Trinajstić information content (AvgIpc) is 2.81. The summed E-state index contributed by atoms with van der Waals surface area (Å²) in [5, 5.41) is 2.44. The third kappa shape index (κ3) is 2.14. The first-order valence-corrected chi connectivity index (χ1v) is 5.48. The standard InChI is InChI=1S/C9H9BrF3N3/c1-5-14-6(10)4-7(15-5)16-8(2-3-8)9(11,12)13/h4H,2-3H2,1H3,(H,14,15,16). The minimum atomic E-state index is -4.24. The number of alkyl halides is 3. The first-order chi connectivity index (χ1) is 7.32. The van der Waals surface area contributed by atoms with Gasteiger partial charge in [0, 0.05) is 6.07 Å². The molecule has 88 valence electrons. The first kappa shape index (κ1) is 11.6. The number of aromatic nitrogens is 2. The van der Waals surface area contributed by atoms with Crippen molar-refractivity contribution in [3.63, 3.8) is 0 Å². The normalized spacial score (nSPS) is 18.3. The van der Waals surface area contributed by atoms with Crippen LogP contribution in [-0.2, 0) is 0 Å². The van der Waals surface area contributed by atoms with Gasteiger partial charge in [0.05, 0.1) is 0 Å². The van der Waals surface area contributed by atoms with Crippen molar-refractivity contribution in [1.82, 2.24) is 9.97 Å². The number of anilines is 1. The van der Waals surface area contributed by atoms with Crippen LogP contribution in [0.5, 0.6) is 0 Å². The van der Waals surface area contributed by atoms with Gasteiger partial charge in [0.25, 0.3) is 0 Å². The second kappa shape index (κ2) is 3.58. The maximum Gasteiger partial charge on any atom is 0.411 e. The van der Waals surface area contributed by atoms with Crippen molar-refractivity contribution in [1.29, 1.82) is 0 Å². The van der Waals surface area contributed by atoms with Crippen LogP contribution in [0.3, 0.4) is 0 Å². The second-order valence-electron chi connectivity index (χ2n) is 3.83. The Balaban J connectivity index is 2.22. The van der Waals surface area contributed by atoms with Gasteiger partial charge in [-0.3, -0.25) is 0 Å². The van der Waals surface area contributed by atoms with E-state index in [2.05, 4.69) is 31.2 Å². The van der Waals surface area contributed by atoms with Gasteiger partial charge in [0.1, 0.15) is 21.8 Å². The van der Waals surface area contributed by atoms with Gasteiger partial charge in [0.15, 0.2) is 0 Å². The predicted molar refractivity (Wildman–Crippen MR) is 56.1 cm³/mol. The maximum absolute atomic E-state index is 12.7. The molecule has 1 aliphatic carbocycles. The first-order valence-electron chi connectivity index (χ1n) is 4.68. The molecule has 0 amide bonds. The van der Waals surface area contributed by atoms with Crippen molar-refractivity contribution in [2.45, 2.75) is 31.5 Å². The lowest BCUT2D eigenvalue weighted by atomic mass is 10.2. The molecule has 0 bridgehead atoms. The molecular weight excluding hydrogens is 287 g/mol. The molecule has 0 atom stereocenters. The fourth-order valence-corrected chi connectivity index (χ4v) is 1.92. The lowest BCUT2D eigenvalue weighted by molar-refractivity contribution is -0.151.